The van der Waals surface area contributed by atoms with Crippen molar-refractivity contribution in [3.8, 4) is 5.75 Å². The van der Waals surface area contributed by atoms with Crippen molar-refractivity contribution < 1.29 is 9.53 Å². The summed E-state index contributed by atoms with van der Waals surface area (Å²) in [6.45, 7) is 3.78. The number of hydrogen-bond acceptors (Lipinski definition) is 4. The number of ether oxygens (including phenoxy) is 1. The summed E-state index contributed by atoms with van der Waals surface area (Å²) < 4.78 is 5.40. The average molecular weight is 516 g/mol. The van der Waals surface area contributed by atoms with E-state index in [9.17, 15) is 4.79 Å². The Hall–Kier alpha value is -2.53. The Morgan fingerprint density at radius 1 is 0.943 bits per heavy atom. The molecule has 0 saturated heterocycles. The van der Waals surface area contributed by atoms with Crippen molar-refractivity contribution in [3.63, 3.8) is 0 Å². The number of unbranched alkanes of at least 4 members (excludes halogenated alkanes) is 1. The number of carbonyl (C=O) groups excluding carboxylic acids is 1. The second-order valence-corrected chi connectivity index (χ2v) is 8.69. The second kappa shape index (κ2) is 14.8. The van der Waals surface area contributed by atoms with E-state index in [1.807, 2.05) is 24.3 Å². The van der Waals surface area contributed by atoms with Crippen LogP contribution in [-0.2, 0) is 19.4 Å². The van der Waals surface area contributed by atoms with Crippen LogP contribution < -0.4 is 15.0 Å². The first-order valence-corrected chi connectivity index (χ1v) is 12.0. The minimum absolute atomic E-state index is 0. The van der Waals surface area contributed by atoms with Gasteiger partial charge in [-0.3, -0.25) is 4.79 Å². The van der Waals surface area contributed by atoms with Crippen LogP contribution in [0.5, 0.6) is 5.75 Å². The first-order chi connectivity index (χ1) is 16.2. The molecule has 0 saturated carbocycles. The molecule has 0 atom stereocenters. The number of carbonyl (C=O) groups is 1. The van der Waals surface area contributed by atoms with Gasteiger partial charge in [0, 0.05) is 30.8 Å². The Kier molecular flexibility index (Phi) is 12.1. The monoisotopic (exact) mass is 514 g/mol. The highest BCUT2D eigenvalue weighted by Gasteiger charge is 2.20. The molecule has 1 heterocycles. The number of rotatable bonds is 12. The maximum absolute atomic E-state index is 12.7. The van der Waals surface area contributed by atoms with Gasteiger partial charge in [0.1, 0.15) is 5.75 Å². The van der Waals surface area contributed by atoms with Gasteiger partial charge in [0.2, 0.25) is 0 Å². The number of anilines is 1. The van der Waals surface area contributed by atoms with E-state index in [-0.39, 0.29) is 30.6 Å². The highest BCUT2D eigenvalue weighted by Crippen LogP contribution is 2.30. The van der Waals surface area contributed by atoms with Gasteiger partial charge in [0.05, 0.1) is 7.11 Å². The van der Waals surface area contributed by atoms with Crippen molar-refractivity contribution in [2.45, 2.75) is 38.6 Å². The molecule has 3 aromatic rings. The van der Waals surface area contributed by atoms with Gasteiger partial charge < -0.3 is 15.0 Å². The van der Waals surface area contributed by atoms with Crippen molar-refractivity contribution >= 4 is 36.3 Å². The molecule has 4 rings (SSSR count). The predicted molar refractivity (Wildman–Crippen MR) is 150 cm³/mol. The number of nitrogens with zero attached hydrogens (tertiary/aromatic N) is 1. The van der Waals surface area contributed by atoms with E-state index >= 15 is 0 Å². The van der Waals surface area contributed by atoms with Crippen molar-refractivity contribution in [2.24, 2.45) is 0 Å². The largest absolute Gasteiger partial charge is 0.496 e. The molecule has 1 aliphatic heterocycles. The van der Waals surface area contributed by atoms with Crippen LogP contribution in [0, 0.1) is 0 Å². The summed E-state index contributed by atoms with van der Waals surface area (Å²) in [7, 11) is 1.71. The van der Waals surface area contributed by atoms with Crippen molar-refractivity contribution in [1.82, 2.24) is 5.32 Å². The zero-order chi connectivity index (χ0) is 22.9. The summed E-state index contributed by atoms with van der Waals surface area (Å²) in [4.78, 5) is 15.1. The maximum atomic E-state index is 12.7. The van der Waals surface area contributed by atoms with Crippen molar-refractivity contribution in [3.05, 3.63) is 95.1 Å². The third-order valence-electron chi connectivity index (χ3n) is 6.38. The van der Waals surface area contributed by atoms with Crippen LogP contribution >= 0.6 is 24.8 Å². The van der Waals surface area contributed by atoms with Crippen LogP contribution in [0.4, 0.5) is 5.69 Å². The molecule has 35 heavy (non-hydrogen) atoms. The SMILES string of the molecule is COc1ccccc1CCNCCCCC(=O)c1ccc2c(c1)CCN2Cc1ccccc1.Cl.Cl. The van der Waals surface area contributed by atoms with Crippen LogP contribution in [0.25, 0.3) is 0 Å². The number of Topliss-reactive ketones (excluding diaryl/α,β-unsaturated/α-hetero) is 1. The molecule has 0 amide bonds. The fourth-order valence-electron chi connectivity index (χ4n) is 4.55. The number of fused-ring (bicyclic) bond motifs is 1. The normalized spacial score (nSPS) is 11.9. The van der Waals surface area contributed by atoms with E-state index < -0.39 is 0 Å². The summed E-state index contributed by atoms with van der Waals surface area (Å²) in [5.41, 5.74) is 5.98. The third kappa shape index (κ3) is 7.99. The fraction of sp³-hybridized carbons (Fsp3) is 0.345. The summed E-state index contributed by atoms with van der Waals surface area (Å²) in [5, 5.41) is 3.49. The van der Waals surface area contributed by atoms with Gasteiger partial charge in [0.15, 0.2) is 5.78 Å². The molecule has 0 unspecified atom stereocenters. The molecule has 0 aromatic heterocycles. The van der Waals surface area contributed by atoms with Gasteiger partial charge in [0.25, 0.3) is 0 Å². The van der Waals surface area contributed by atoms with Crippen LogP contribution in [0.15, 0.2) is 72.8 Å². The van der Waals surface area contributed by atoms with Gasteiger partial charge in [-0.2, -0.15) is 0 Å². The van der Waals surface area contributed by atoms with Gasteiger partial charge in [-0.15, -0.1) is 24.8 Å². The highest BCUT2D eigenvalue weighted by molar-refractivity contribution is 5.96. The average Bonchev–Trinajstić information content (AvgIpc) is 3.26. The van der Waals surface area contributed by atoms with Crippen LogP contribution in [0.1, 0.15) is 46.3 Å². The van der Waals surface area contributed by atoms with E-state index in [1.165, 1.54) is 22.4 Å². The second-order valence-electron chi connectivity index (χ2n) is 8.69. The van der Waals surface area contributed by atoms with Crippen molar-refractivity contribution in [2.75, 3.05) is 31.6 Å². The third-order valence-corrected chi connectivity index (χ3v) is 6.38. The first kappa shape index (κ1) is 28.7. The lowest BCUT2D eigenvalue weighted by molar-refractivity contribution is 0.0979. The Morgan fingerprint density at radius 2 is 1.71 bits per heavy atom. The number of hydrogen-bond donors (Lipinski definition) is 1. The molecular formula is C29H36Cl2N2O2. The maximum Gasteiger partial charge on any atom is 0.162 e. The van der Waals surface area contributed by atoms with Crippen LogP contribution in [0.2, 0.25) is 0 Å². The number of para-hydroxylation sites is 1. The molecular weight excluding hydrogens is 479 g/mol. The number of ketones is 1. The molecule has 1 aliphatic rings. The summed E-state index contributed by atoms with van der Waals surface area (Å²) in [6.07, 6.45) is 4.49. The molecule has 4 nitrogen and oxygen atoms in total. The zero-order valence-corrected chi connectivity index (χ0v) is 22.0. The molecule has 1 N–H and O–H groups in total. The van der Waals surface area contributed by atoms with E-state index in [0.717, 1.165) is 63.2 Å². The van der Waals surface area contributed by atoms with Gasteiger partial charge in [-0.25, -0.2) is 0 Å². The Labute approximate surface area is 221 Å². The van der Waals surface area contributed by atoms with Crippen molar-refractivity contribution in [1.29, 1.82) is 0 Å². The topological polar surface area (TPSA) is 41.6 Å². The number of nitrogens with one attached hydrogen (secondary N) is 1. The first-order valence-electron chi connectivity index (χ1n) is 12.0. The number of benzene rings is 3. The van der Waals surface area contributed by atoms with Gasteiger partial charge in [-0.1, -0.05) is 48.5 Å². The number of halogens is 2. The molecule has 0 radical (unpaired) electrons. The molecule has 188 valence electrons. The van der Waals surface area contributed by atoms with Crippen LogP contribution in [0.3, 0.4) is 0 Å². The van der Waals surface area contributed by atoms with Crippen LogP contribution in [-0.4, -0.2) is 32.5 Å². The minimum atomic E-state index is 0. The van der Waals surface area contributed by atoms with E-state index in [2.05, 4.69) is 58.7 Å². The highest BCUT2D eigenvalue weighted by atomic mass is 35.5. The van der Waals surface area contributed by atoms with E-state index in [1.54, 1.807) is 7.11 Å². The minimum Gasteiger partial charge on any atom is -0.496 e. The Balaban J connectivity index is 0.00000216. The molecule has 0 fully saturated rings. The smallest absolute Gasteiger partial charge is 0.162 e. The molecule has 0 spiro atoms. The lowest BCUT2D eigenvalue weighted by Crippen LogP contribution is -2.19. The fourth-order valence-corrected chi connectivity index (χ4v) is 4.55. The summed E-state index contributed by atoms with van der Waals surface area (Å²) >= 11 is 0. The quantitative estimate of drug-likeness (QED) is 0.228. The molecule has 3 aromatic carbocycles. The number of methoxy groups -OCH3 is 1. The van der Waals surface area contributed by atoms with E-state index in [0.29, 0.717) is 6.42 Å². The standard InChI is InChI=1S/C29H34N2O2.2ClH/c1-33-29-13-6-5-11-24(29)16-19-30-18-8-7-12-28(32)26-14-15-27-25(21-26)17-20-31(27)22-23-9-3-2-4-10-23;;/h2-6,9-11,13-15,21,30H,7-8,12,16-20,22H2,1H3;2*1H. The Morgan fingerprint density at radius 3 is 2.51 bits per heavy atom. The molecule has 6 heteroatoms. The summed E-state index contributed by atoms with van der Waals surface area (Å²) in [5.74, 6) is 1.20. The van der Waals surface area contributed by atoms with Gasteiger partial charge >= 0.3 is 0 Å². The molecule has 0 bridgehead atoms. The molecule has 0 aliphatic carbocycles. The summed E-state index contributed by atoms with van der Waals surface area (Å²) in [6, 6.07) is 25.0. The lowest BCUT2D eigenvalue weighted by atomic mass is 10.0. The Bertz CT molecular complexity index is 1060. The zero-order valence-electron chi connectivity index (χ0n) is 20.4. The van der Waals surface area contributed by atoms with Gasteiger partial charge in [-0.05, 0) is 79.7 Å². The predicted octanol–water partition coefficient (Wildman–Crippen LogP) is 6.29. The van der Waals surface area contributed by atoms with E-state index in [4.69, 9.17) is 4.74 Å². The lowest BCUT2D eigenvalue weighted by Gasteiger charge is -2.19.